The standard InChI is InChI=1S/C11H19BN2O2/c1-6-14-8-7-9(13-14)12-15-10(2,3)11(4,5)16-12/h7-8H,6H2,1-5H3/i1D3,6D2,7D,8D. The average Bonchev–Trinajstić information content (AvgIpc) is 2.74. The van der Waals surface area contributed by atoms with Crippen LogP contribution in [-0.4, -0.2) is 28.1 Å². The molecule has 0 bridgehead atoms. The van der Waals surface area contributed by atoms with Crippen molar-refractivity contribution in [2.75, 3.05) is 0 Å². The molecule has 0 radical (unpaired) electrons. The van der Waals surface area contributed by atoms with E-state index in [2.05, 4.69) is 5.10 Å². The SMILES string of the molecule is [2H]c1c(B2OC(C)(C)C(C)(C)O2)nn(C([2H])([2H])C([2H])([2H])[2H])c1[2H]. The van der Waals surface area contributed by atoms with E-state index < -0.39 is 43.9 Å². The molecular formula is C11H19BN2O2. The normalized spacial score (nSPS) is 30.8. The lowest BCUT2D eigenvalue weighted by molar-refractivity contribution is 0.00578. The molecular weight excluding hydrogens is 203 g/mol. The Kier molecular flexibility index (Phi) is 1.28. The van der Waals surface area contributed by atoms with Crippen LogP contribution in [0.2, 0.25) is 0 Å². The summed E-state index contributed by atoms with van der Waals surface area (Å²) in [6.07, 6.45) is -0.643. The molecule has 0 atom stereocenters. The molecule has 1 aliphatic heterocycles. The van der Waals surface area contributed by atoms with Gasteiger partial charge in [0.15, 0.2) is 0 Å². The highest BCUT2D eigenvalue weighted by Gasteiger charge is 2.52. The van der Waals surface area contributed by atoms with Gasteiger partial charge >= 0.3 is 7.12 Å². The van der Waals surface area contributed by atoms with Crippen molar-refractivity contribution in [3.05, 3.63) is 12.2 Å². The first kappa shape index (κ1) is 5.69. The lowest BCUT2D eigenvalue weighted by atomic mass is 9.85. The lowest BCUT2D eigenvalue weighted by Crippen LogP contribution is -2.41. The van der Waals surface area contributed by atoms with Gasteiger partial charge in [-0.3, -0.25) is 4.68 Å². The number of aromatic nitrogens is 2. The molecule has 0 aromatic carbocycles. The van der Waals surface area contributed by atoms with E-state index in [0.29, 0.717) is 4.68 Å². The van der Waals surface area contributed by atoms with Crippen molar-refractivity contribution in [2.45, 2.75) is 52.2 Å². The molecule has 4 nitrogen and oxygen atoms in total. The molecule has 2 heterocycles. The van der Waals surface area contributed by atoms with Crippen molar-refractivity contribution in [1.29, 1.82) is 0 Å². The summed E-state index contributed by atoms with van der Waals surface area (Å²) < 4.78 is 64.9. The lowest BCUT2D eigenvalue weighted by Gasteiger charge is -2.32. The van der Waals surface area contributed by atoms with Crippen molar-refractivity contribution < 1.29 is 18.9 Å². The molecule has 16 heavy (non-hydrogen) atoms. The predicted octanol–water partition coefficient (Wildman–Crippen LogP) is 1.20. The molecule has 0 spiro atoms. The molecule has 1 aromatic heterocycles. The molecule has 0 unspecified atom stereocenters. The van der Waals surface area contributed by atoms with Crippen molar-refractivity contribution >= 4 is 12.7 Å². The Morgan fingerprint density at radius 3 is 2.69 bits per heavy atom. The molecule has 2 rings (SSSR count). The van der Waals surface area contributed by atoms with Gasteiger partial charge in [-0.25, -0.2) is 0 Å². The Morgan fingerprint density at radius 2 is 2.12 bits per heavy atom. The predicted molar refractivity (Wildman–Crippen MR) is 63.6 cm³/mol. The van der Waals surface area contributed by atoms with Gasteiger partial charge in [0.25, 0.3) is 0 Å². The van der Waals surface area contributed by atoms with Crippen LogP contribution < -0.4 is 5.59 Å². The third-order valence-electron chi connectivity index (χ3n) is 3.08. The van der Waals surface area contributed by atoms with Crippen molar-refractivity contribution in [1.82, 2.24) is 9.78 Å². The van der Waals surface area contributed by atoms with Gasteiger partial charge in [0, 0.05) is 16.8 Å². The fourth-order valence-electron chi connectivity index (χ4n) is 1.38. The first-order valence-corrected chi connectivity index (χ1v) is 5.04. The van der Waals surface area contributed by atoms with Crippen molar-refractivity contribution in [3.63, 3.8) is 0 Å². The topological polar surface area (TPSA) is 36.3 Å². The van der Waals surface area contributed by atoms with Gasteiger partial charge in [-0.1, -0.05) is 0 Å². The molecule has 1 aromatic rings. The second-order valence-corrected chi connectivity index (χ2v) is 4.73. The van der Waals surface area contributed by atoms with Crippen LogP contribution in [0.15, 0.2) is 12.2 Å². The first-order chi connectivity index (χ1) is 10.1. The summed E-state index contributed by atoms with van der Waals surface area (Å²) in [5.41, 5.74) is -1.50. The quantitative estimate of drug-likeness (QED) is 0.715. The minimum atomic E-state index is -3.03. The maximum atomic E-state index is 7.94. The highest BCUT2D eigenvalue weighted by Crippen LogP contribution is 2.36. The minimum Gasteiger partial charge on any atom is -0.398 e. The fourth-order valence-corrected chi connectivity index (χ4v) is 1.38. The number of nitrogens with zero attached hydrogens (tertiary/aromatic N) is 2. The molecule has 0 amide bonds. The number of aryl methyl sites for hydroxylation is 1. The van der Waals surface area contributed by atoms with E-state index in [1.54, 1.807) is 27.7 Å². The Hall–Kier alpha value is -0.805. The van der Waals surface area contributed by atoms with Gasteiger partial charge < -0.3 is 9.31 Å². The summed E-state index contributed by atoms with van der Waals surface area (Å²) in [6.45, 7) is 1.26. The molecule has 88 valence electrons. The second kappa shape index (κ2) is 3.60. The maximum Gasteiger partial charge on any atom is 0.516 e. The number of rotatable bonds is 2. The van der Waals surface area contributed by atoms with Crippen LogP contribution in [0.1, 0.15) is 44.1 Å². The van der Waals surface area contributed by atoms with Crippen LogP contribution in [0.4, 0.5) is 0 Å². The number of hydrogen-bond donors (Lipinski definition) is 0. The van der Waals surface area contributed by atoms with Crippen LogP contribution >= 0.6 is 0 Å². The molecule has 1 aliphatic rings. The second-order valence-electron chi connectivity index (χ2n) is 4.73. The Bertz CT molecular complexity index is 611. The van der Waals surface area contributed by atoms with Crippen molar-refractivity contribution in [3.8, 4) is 0 Å². The van der Waals surface area contributed by atoms with Crippen LogP contribution in [0, 0.1) is 0 Å². The number of hydrogen-bond acceptors (Lipinski definition) is 3. The third kappa shape index (κ3) is 1.78. The summed E-state index contributed by atoms with van der Waals surface area (Å²) in [7, 11) is -1.06. The Morgan fingerprint density at radius 1 is 1.50 bits per heavy atom. The summed E-state index contributed by atoms with van der Waals surface area (Å²) in [4.78, 5) is 0. The van der Waals surface area contributed by atoms with Crippen LogP contribution in [0.3, 0.4) is 0 Å². The fraction of sp³-hybridized carbons (Fsp3) is 0.727. The summed E-state index contributed by atoms with van der Waals surface area (Å²) in [5.74, 6) is 0. The summed E-state index contributed by atoms with van der Waals surface area (Å²) >= 11 is 0. The zero-order valence-electron chi connectivity index (χ0n) is 16.8. The van der Waals surface area contributed by atoms with Gasteiger partial charge in [0.05, 0.1) is 22.3 Å². The zero-order valence-corrected chi connectivity index (χ0v) is 9.79. The Balaban J connectivity index is 2.47. The van der Waals surface area contributed by atoms with E-state index in [1.165, 1.54) is 0 Å². The van der Waals surface area contributed by atoms with Gasteiger partial charge in [0.2, 0.25) is 0 Å². The highest BCUT2D eigenvalue weighted by atomic mass is 16.7. The van der Waals surface area contributed by atoms with E-state index in [-0.39, 0.29) is 5.59 Å². The molecule has 0 N–H and O–H groups in total. The van der Waals surface area contributed by atoms with Crippen LogP contribution in [0.25, 0.3) is 0 Å². The van der Waals surface area contributed by atoms with Crippen molar-refractivity contribution in [2.24, 2.45) is 0 Å². The van der Waals surface area contributed by atoms with Crippen LogP contribution in [-0.2, 0) is 15.8 Å². The van der Waals surface area contributed by atoms with Crippen LogP contribution in [0.5, 0.6) is 0 Å². The maximum absolute atomic E-state index is 7.94. The molecule has 0 saturated carbocycles. The van der Waals surface area contributed by atoms with Gasteiger partial charge in [-0.2, -0.15) is 5.10 Å². The largest absolute Gasteiger partial charge is 0.516 e. The third-order valence-corrected chi connectivity index (χ3v) is 3.08. The van der Waals surface area contributed by atoms with E-state index in [9.17, 15) is 0 Å². The average molecular weight is 229 g/mol. The first-order valence-electron chi connectivity index (χ1n) is 8.54. The smallest absolute Gasteiger partial charge is 0.398 e. The van der Waals surface area contributed by atoms with E-state index in [4.69, 9.17) is 18.9 Å². The minimum absolute atomic E-state index is 0.109. The van der Waals surface area contributed by atoms with Gasteiger partial charge in [0.1, 0.15) is 0 Å². The highest BCUT2D eigenvalue weighted by molar-refractivity contribution is 6.61. The molecule has 5 heteroatoms. The van der Waals surface area contributed by atoms with E-state index in [1.807, 2.05) is 0 Å². The summed E-state index contributed by atoms with van der Waals surface area (Å²) in [6, 6.07) is -0.420. The van der Waals surface area contributed by atoms with Gasteiger partial charge in [-0.15, -0.1) is 0 Å². The Labute approximate surface area is 107 Å². The summed E-state index contributed by atoms with van der Waals surface area (Å²) in [5, 5.41) is 3.82. The monoisotopic (exact) mass is 229 g/mol. The van der Waals surface area contributed by atoms with E-state index in [0.717, 1.165) is 0 Å². The zero-order chi connectivity index (χ0) is 18.0. The molecule has 1 saturated heterocycles. The van der Waals surface area contributed by atoms with Gasteiger partial charge in [-0.05, 0) is 40.6 Å². The van der Waals surface area contributed by atoms with E-state index >= 15 is 0 Å². The molecule has 0 aliphatic carbocycles. The molecule has 1 fully saturated rings.